The lowest BCUT2D eigenvalue weighted by Crippen LogP contribution is -2.27. The van der Waals surface area contributed by atoms with E-state index < -0.39 is 5.97 Å². The molecule has 0 saturated carbocycles. The Morgan fingerprint density at radius 2 is 2.20 bits per heavy atom. The highest BCUT2D eigenvalue weighted by Gasteiger charge is 2.12. The van der Waals surface area contributed by atoms with E-state index in [1.807, 2.05) is 10.6 Å². The van der Waals surface area contributed by atoms with Crippen LogP contribution in [0.1, 0.15) is 30.6 Å². The van der Waals surface area contributed by atoms with Crippen LogP contribution in [0.5, 0.6) is 0 Å². The third kappa shape index (κ3) is 2.99. The summed E-state index contributed by atoms with van der Waals surface area (Å²) < 4.78 is 2.02. The van der Waals surface area contributed by atoms with Crippen molar-refractivity contribution < 1.29 is 9.90 Å². The molecule has 0 saturated heterocycles. The first kappa shape index (κ1) is 14.5. The molecule has 1 N–H and O–H groups in total. The number of aromatic nitrogens is 2. The van der Waals surface area contributed by atoms with Gasteiger partial charge >= 0.3 is 5.97 Å². The normalized spacial score (nSPS) is 11.7. The minimum atomic E-state index is -0.930. The summed E-state index contributed by atoms with van der Waals surface area (Å²) in [6.07, 6.45) is 2.74. The largest absolute Gasteiger partial charge is 0.478 e. The number of benzene rings is 1. The van der Waals surface area contributed by atoms with E-state index in [2.05, 4.69) is 30.8 Å². The molecule has 20 heavy (non-hydrogen) atoms. The van der Waals surface area contributed by atoms with Crippen molar-refractivity contribution in [3.63, 3.8) is 0 Å². The van der Waals surface area contributed by atoms with Gasteiger partial charge in [0.15, 0.2) is 0 Å². The first-order chi connectivity index (χ1) is 9.50. The van der Waals surface area contributed by atoms with Crippen molar-refractivity contribution in [1.29, 1.82) is 0 Å². The summed E-state index contributed by atoms with van der Waals surface area (Å²) in [7, 11) is 2.11. The molecule has 2 rings (SSSR count). The molecule has 1 heterocycles. The van der Waals surface area contributed by atoms with Gasteiger partial charge in [-0.25, -0.2) is 9.78 Å². The molecule has 0 bridgehead atoms. The fourth-order valence-electron chi connectivity index (χ4n) is 2.19. The molecule has 0 aliphatic heterocycles. The average Bonchev–Trinajstić information content (AvgIpc) is 2.81. The van der Waals surface area contributed by atoms with Crippen molar-refractivity contribution in [1.82, 2.24) is 14.5 Å². The maximum Gasteiger partial charge on any atom is 0.337 e. The first-order valence-electron chi connectivity index (χ1n) is 6.88. The number of hydrogen-bond donors (Lipinski definition) is 1. The van der Waals surface area contributed by atoms with Gasteiger partial charge in [0.25, 0.3) is 0 Å². The Bertz CT molecular complexity index is 604. The predicted molar refractivity (Wildman–Crippen MR) is 79.1 cm³/mol. The van der Waals surface area contributed by atoms with Crippen LogP contribution in [-0.2, 0) is 6.54 Å². The lowest BCUT2D eigenvalue weighted by molar-refractivity contribution is 0.0699. The summed E-state index contributed by atoms with van der Waals surface area (Å²) >= 11 is 0. The smallest absolute Gasteiger partial charge is 0.337 e. The summed E-state index contributed by atoms with van der Waals surface area (Å²) in [6, 6.07) is 5.81. The Morgan fingerprint density at radius 3 is 2.85 bits per heavy atom. The molecule has 0 spiro atoms. The van der Waals surface area contributed by atoms with E-state index in [0.29, 0.717) is 11.6 Å². The number of imidazole rings is 1. The van der Waals surface area contributed by atoms with Crippen molar-refractivity contribution in [3.8, 4) is 0 Å². The second kappa shape index (κ2) is 6.05. The fraction of sp³-hybridized carbons (Fsp3) is 0.467. The van der Waals surface area contributed by atoms with Crippen LogP contribution in [-0.4, -0.2) is 45.2 Å². The Balaban J connectivity index is 2.12. The molecule has 108 valence electrons. The van der Waals surface area contributed by atoms with Crippen molar-refractivity contribution in [2.45, 2.75) is 32.9 Å². The van der Waals surface area contributed by atoms with Gasteiger partial charge in [0.2, 0.25) is 0 Å². The number of para-hydroxylation sites is 1. The van der Waals surface area contributed by atoms with E-state index in [1.54, 1.807) is 18.5 Å². The highest BCUT2D eigenvalue weighted by Crippen LogP contribution is 2.17. The number of carbonyl (C=O) groups is 1. The minimum Gasteiger partial charge on any atom is -0.478 e. The van der Waals surface area contributed by atoms with Gasteiger partial charge in [-0.3, -0.25) is 0 Å². The minimum absolute atomic E-state index is 0.264. The van der Waals surface area contributed by atoms with Gasteiger partial charge in [-0.15, -0.1) is 0 Å². The number of hydrogen-bond acceptors (Lipinski definition) is 3. The maximum atomic E-state index is 11.1. The molecule has 0 aliphatic carbocycles. The molecule has 2 aromatic rings. The van der Waals surface area contributed by atoms with E-state index in [4.69, 9.17) is 5.11 Å². The van der Waals surface area contributed by atoms with E-state index >= 15 is 0 Å². The van der Waals surface area contributed by atoms with Gasteiger partial charge in [-0.2, -0.15) is 0 Å². The summed E-state index contributed by atoms with van der Waals surface area (Å²) in [5.41, 5.74) is 1.72. The maximum absolute atomic E-state index is 11.1. The number of fused-ring (bicyclic) bond motifs is 1. The summed E-state index contributed by atoms with van der Waals surface area (Å²) in [6.45, 7) is 6.20. The molecule has 0 unspecified atom stereocenters. The van der Waals surface area contributed by atoms with E-state index in [9.17, 15) is 4.79 Å². The molecule has 0 fully saturated rings. The molecule has 0 amide bonds. The molecular weight excluding hydrogens is 254 g/mol. The number of aromatic carboxylic acids is 1. The number of carboxylic acids is 1. The highest BCUT2D eigenvalue weighted by atomic mass is 16.4. The quantitative estimate of drug-likeness (QED) is 0.880. The zero-order chi connectivity index (χ0) is 14.7. The number of aryl methyl sites for hydroxylation is 1. The van der Waals surface area contributed by atoms with Gasteiger partial charge in [0.1, 0.15) is 5.52 Å². The van der Waals surface area contributed by atoms with Crippen molar-refractivity contribution in [3.05, 3.63) is 30.1 Å². The predicted octanol–water partition coefficient (Wildman–Crippen LogP) is 2.46. The molecule has 0 radical (unpaired) electrons. The van der Waals surface area contributed by atoms with Gasteiger partial charge < -0.3 is 14.6 Å². The highest BCUT2D eigenvalue weighted by molar-refractivity contribution is 6.00. The first-order valence-corrected chi connectivity index (χ1v) is 6.88. The van der Waals surface area contributed by atoms with E-state index in [1.165, 1.54) is 0 Å². The summed E-state index contributed by atoms with van der Waals surface area (Å²) in [5, 5.41) is 9.15. The topological polar surface area (TPSA) is 58.4 Å². The molecule has 0 aliphatic rings. The van der Waals surface area contributed by atoms with Crippen molar-refractivity contribution in [2.24, 2.45) is 0 Å². The Kier molecular flexibility index (Phi) is 4.39. The van der Waals surface area contributed by atoms with Gasteiger partial charge in [0.05, 0.1) is 17.4 Å². The molecule has 0 atom stereocenters. The summed E-state index contributed by atoms with van der Waals surface area (Å²) in [4.78, 5) is 17.7. The second-order valence-corrected chi connectivity index (χ2v) is 5.34. The van der Waals surface area contributed by atoms with Crippen LogP contribution in [0.25, 0.3) is 11.0 Å². The molecule has 1 aromatic heterocycles. The third-order valence-electron chi connectivity index (χ3n) is 3.67. The number of nitrogens with zero attached hydrogens (tertiary/aromatic N) is 3. The van der Waals surface area contributed by atoms with Crippen LogP contribution < -0.4 is 0 Å². The summed E-state index contributed by atoms with van der Waals surface area (Å²) in [5.74, 6) is -0.930. The standard InChI is InChI=1S/C15H21N3O2/c1-11(2)17(3)8-5-9-18-10-16-14-12(15(19)20)6-4-7-13(14)18/h4,6-7,10-11H,5,8-9H2,1-3H3,(H,19,20). The lowest BCUT2D eigenvalue weighted by Gasteiger charge is -2.20. The third-order valence-corrected chi connectivity index (χ3v) is 3.67. The van der Waals surface area contributed by atoms with Gasteiger partial charge in [-0.1, -0.05) is 6.07 Å². The fourth-order valence-corrected chi connectivity index (χ4v) is 2.19. The van der Waals surface area contributed by atoms with Gasteiger partial charge in [-0.05, 0) is 46.0 Å². The monoisotopic (exact) mass is 275 g/mol. The van der Waals surface area contributed by atoms with Crippen LogP contribution in [0.15, 0.2) is 24.5 Å². The molecule has 5 heteroatoms. The zero-order valence-electron chi connectivity index (χ0n) is 12.2. The number of rotatable bonds is 6. The molecule has 5 nitrogen and oxygen atoms in total. The zero-order valence-corrected chi connectivity index (χ0v) is 12.2. The number of carboxylic acid groups (broad SMARTS) is 1. The van der Waals surface area contributed by atoms with E-state index in [-0.39, 0.29) is 5.56 Å². The Morgan fingerprint density at radius 1 is 1.45 bits per heavy atom. The van der Waals surface area contributed by atoms with Crippen LogP contribution in [0.3, 0.4) is 0 Å². The average molecular weight is 275 g/mol. The lowest BCUT2D eigenvalue weighted by atomic mass is 10.2. The van der Waals surface area contributed by atoms with Crippen LogP contribution in [0.2, 0.25) is 0 Å². The van der Waals surface area contributed by atoms with Crippen molar-refractivity contribution >= 4 is 17.0 Å². The van der Waals surface area contributed by atoms with Gasteiger partial charge in [0, 0.05) is 12.6 Å². The SMILES string of the molecule is CC(C)N(C)CCCn1cnc2c(C(=O)O)cccc21. The second-order valence-electron chi connectivity index (χ2n) is 5.34. The molecular formula is C15H21N3O2. The van der Waals surface area contributed by atoms with Crippen LogP contribution in [0.4, 0.5) is 0 Å². The Labute approximate surface area is 118 Å². The van der Waals surface area contributed by atoms with Crippen LogP contribution >= 0.6 is 0 Å². The Hall–Kier alpha value is -1.88. The van der Waals surface area contributed by atoms with E-state index in [0.717, 1.165) is 25.0 Å². The van der Waals surface area contributed by atoms with Crippen LogP contribution in [0, 0.1) is 0 Å². The van der Waals surface area contributed by atoms with Crippen molar-refractivity contribution in [2.75, 3.05) is 13.6 Å². The molecule has 1 aromatic carbocycles.